The Labute approximate surface area is 107 Å². The number of hydrogen-bond acceptors (Lipinski definition) is 2. The van der Waals surface area contributed by atoms with Crippen molar-refractivity contribution in [3.63, 3.8) is 0 Å². The van der Waals surface area contributed by atoms with Crippen molar-refractivity contribution in [2.24, 2.45) is 5.41 Å². The summed E-state index contributed by atoms with van der Waals surface area (Å²) in [5.41, 5.74) is -0.201. The van der Waals surface area contributed by atoms with Crippen LogP contribution in [0.5, 0.6) is 0 Å². The van der Waals surface area contributed by atoms with Gasteiger partial charge in [0.2, 0.25) is 0 Å². The molecule has 1 aliphatic carbocycles. The Kier molecular flexibility index (Phi) is 3.89. The lowest BCUT2D eigenvalue weighted by Crippen LogP contribution is -2.48. The molecule has 1 saturated carbocycles. The Hall–Kier alpha value is -1.52. The molecule has 1 aliphatic heterocycles. The maximum absolute atomic E-state index is 11.9. The fourth-order valence-corrected chi connectivity index (χ4v) is 2.61. The molecule has 0 saturated heterocycles. The van der Waals surface area contributed by atoms with Crippen LogP contribution in [0.15, 0.2) is 12.2 Å². The van der Waals surface area contributed by atoms with Crippen LogP contribution >= 0.6 is 0 Å². The number of carboxylic acid groups (broad SMARTS) is 1. The van der Waals surface area contributed by atoms with Crippen molar-refractivity contribution in [1.82, 2.24) is 10.2 Å². The summed E-state index contributed by atoms with van der Waals surface area (Å²) in [5, 5.41) is 11.8. The Bertz CT molecular complexity index is 361. The van der Waals surface area contributed by atoms with E-state index in [9.17, 15) is 9.59 Å². The van der Waals surface area contributed by atoms with Crippen LogP contribution in [0.1, 0.15) is 32.1 Å². The molecule has 0 aromatic heterocycles. The molecule has 1 fully saturated rings. The average molecular weight is 252 g/mol. The number of nitrogens with zero attached hydrogens (tertiary/aromatic N) is 1. The van der Waals surface area contributed by atoms with Gasteiger partial charge in [-0.3, -0.25) is 4.79 Å². The van der Waals surface area contributed by atoms with E-state index < -0.39 is 5.97 Å². The highest BCUT2D eigenvalue weighted by Crippen LogP contribution is 2.43. The number of carbonyl (C=O) groups excluding carboxylic acids is 1. The quantitative estimate of drug-likeness (QED) is 0.747. The number of rotatable bonds is 4. The molecular formula is C13H20N2O3. The molecule has 2 N–H and O–H groups in total. The normalized spacial score (nSPS) is 21.2. The summed E-state index contributed by atoms with van der Waals surface area (Å²) >= 11 is 0. The molecule has 0 spiro atoms. The molecule has 0 atom stereocenters. The van der Waals surface area contributed by atoms with E-state index in [4.69, 9.17) is 5.11 Å². The third kappa shape index (κ3) is 3.03. The van der Waals surface area contributed by atoms with E-state index >= 15 is 0 Å². The van der Waals surface area contributed by atoms with Crippen molar-refractivity contribution >= 4 is 12.0 Å². The lowest BCUT2D eigenvalue weighted by atomic mass is 9.66. The molecule has 18 heavy (non-hydrogen) atoms. The van der Waals surface area contributed by atoms with Crippen LogP contribution < -0.4 is 5.32 Å². The standard InChI is InChI=1S/C13H20N2O3/c16-11(17)9-13(5-4-6-13)10-14-12(18)15-7-2-1-3-8-15/h1-2H,3-10H2,(H,14,18)(H,16,17). The minimum absolute atomic E-state index is 0.0731. The van der Waals surface area contributed by atoms with Crippen molar-refractivity contribution in [3.05, 3.63) is 12.2 Å². The van der Waals surface area contributed by atoms with Crippen LogP contribution in [0, 0.1) is 5.41 Å². The maximum Gasteiger partial charge on any atom is 0.317 e. The summed E-state index contributed by atoms with van der Waals surface area (Å²) in [7, 11) is 0. The van der Waals surface area contributed by atoms with E-state index in [2.05, 4.69) is 11.4 Å². The summed E-state index contributed by atoms with van der Waals surface area (Å²) in [6.07, 6.45) is 7.98. The van der Waals surface area contributed by atoms with Gasteiger partial charge in [-0.1, -0.05) is 18.6 Å². The molecule has 2 rings (SSSR count). The Morgan fingerprint density at radius 1 is 1.33 bits per heavy atom. The second-order valence-electron chi connectivity index (χ2n) is 5.29. The largest absolute Gasteiger partial charge is 0.481 e. The minimum atomic E-state index is -0.773. The van der Waals surface area contributed by atoms with Crippen LogP contribution in [0.2, 0.25) is 0 Å². The Balaban J connectivity index is 1.80. The van der Waals surface area contributed by atoms with Crippen molar-refractivity contribution in [1.29, 1.82) is 0 Å². The fraction of sp³-hybridized carbons (Fsp3) is 0.692. The van der Waals surface area contributed by atoms with Crippen LogP contribution in [0.4, 0.5) is 4.79 Å². The number of amides is 2. The van der Waals surface area contributed by atoms with Gasteiger partial charge in [0.1, 0.15) is 0 Å². The van der Waals surface area contributed by atoms with E-state index in [0.717, 1.165) is 32.2 Å². The van der Waals surface area contributed by atoms with E-state index in [1.807, 2.05) is 6.08 Å². The van der Waals surface area contributed by atoms with Gasteiger partial charge in [0, 0.05) is 19.6 Å². The van der Waals surface area contributed by atoms with Gasteiger partial charge in [-0.15, -0.1) is 0 Å². The Morgan fingerprint density at radius 2 is 2.11 bits per heavy atom. The fourth-order valence-electron chi connectivity index (χ4n) is 2.61. The summed E-state index contributed by atoms with van der Waals surface area (Å²) in [4.78, 5) is 24.5. The van der Waals surface area contributed by atoms with Gasteiger partial charge >= 0.3 is 12.0 Å². The first kappa shape index (κ1) is 12.9. The molecular weight excluding hydrogens is 232 g/mol. The number of carboxylic acids is 1. The Morgan fingerprint density at radius 3 is 2.61 bits per heavy atom. The average Bonchev–Trinajstić information content (AvgIpc) is 2.32. The third-order valence-corrected chi connectivity index (χ3v) is 3.90. The van der Waals surface area contributed by atoms with Crippen LogP contribution in [-0.2, 0) is 4.79 Å². The van der Waals surface area contributed by atoms with Gasteiger partial charge < -0.3 is 15.3 Å². The van der Waals surface area contributed by atoms with Crippen molar-refractivity contribution in [2.75, 3.05) is 19.6 Å². The highest BCUT2D eigenvalue weighted by atomic mass is 16.4. The molecule has 5 heteroatoms. The molecule has 0 aromatic rings. The second-order valence-corrected chi connectivity index (χ2v) is 5.29. The summed E-state index contributed by atoms with van der Waals surface area (Å²) in [6, 6.07) is -0.0731. The summed E-state index contributed by atoms with van der Waals surface area (Å²) in [6.45, 7) is 1.88. The first-order chi connectivity index (χ1) is 8.61. The van der Waals surface area contributed by atoms with Crippen molar-refractivity contribution < 1.29 is 14.7 Å². The van der Waals surface area contributed by atoms with Gasteiger partial charge in [0.25, 0.3) is 0 Å². The molecule has 100 valence electrons. The topological polar surface area (TPSA) is 69.6 Å². The molecule has 5 nitrogen and oxygen atoms in total. The highest BCUT2D eigenvalue weighted by molar-refractivity contribution is 5.75. The molecule has 0 bridgehead atoms. The molecule has 0 radical (unpaired) electrons. The van der Waals surface area contributed by atoms with E-state index in [1.165, 1.54) is 0 Å². The van der Waals surface area contributed by atoms with Gasteiger partial charge in [0.15, 0.2) is 0 Å². The lowest BCUT2D eigenvalue weighted by molar-refractivity contribution is -0.141. The minimum Gasteiger partial charge on any atom is -0.481 e. The second kappa shape index (κ2) is 5.42. The predicted molar refractivity (Wildman–Crippen MR) is 67.3 cm³/mol. The number of hydrogen-bond donors (Lipinski definition) is 2. The molecule has 0 unspecified atom stereocenters. The van der Waals surface area contributed by atoms with E-state index in [0.29, 0.717) is 13.1 Å². The SMILES string of the molecule is O=C(O)CC1(CNC(=O)N2CC=CCC2)CCC1. The number of aliphatic carboxylic acids is 1. The van der Waals surface area contributed by atoms with E-state index in [1.54, 1.807) is 4.90 Å². The smallest absolute Gasteiger partial charge is 0.317 e. The predicted octanol–water partition coefficient (Wildman–Crippen LogP) is 1.60. The molecule has 2 aliphatic rings. The zero-order chi connectivity index (χ0) is 13.0. The maximum atomic E-state index is 11.9. The first-order valence-electron chi connectivity index (χ1n) is 6.51. The van der Waals surface area contributed by atoms with Gasteiger partial charge in [-0.05, 0) is 24.7 Å². The first-order valence-corrected chi connectivity index (χ1v) is 6.51. The van der Waals surface area contributed by atoms with Gasteiger partial charge in [-0.25, -0.2) is 4.79 Å². The highest BCUT2D eigenvalue weighted by Gasteiger charge is 2.39. The van der Waals surface area contributed by atoms with Crippen LogP contribution in [0.3, 0.4) is 0 Å². The lowest BCUT2D eigenvalue weighted by Gasteiger charge is -2.41. The van der Waals surface area contributed by atoms with E-state index in [-0.39, 0.29) is 17.9 Å². The molecule has 0 aromatic carbocycles. The monoisotopic (exact) mass is 252 g/mol. The van der Waals surface area contributed by atoms with Gasteiger partial charge in [-0.2, -0.15) is 0 Å². The van der Waals surface area contributed by atoms with Crippen molar-refractivity contribution in [3.8, 4) is 0 Å². The molecule has 2 amide bonds. The third-order valence-electron chi connectivity index (χ3n) is 3.90. The molecule has 1 heterocycles. The number of nitrogens with one attached hydrogen (secondary N) is 1. The number of urea groups is 1. The zero-order valence-corrected chi connectivity index (χ0v) is 10.5. The number of carbonyl (C=O) groups is 2. The summed E-state index contributed by atoms with van der Waals surface area (Å²) < 4.78 is 0. The van der Waals surface area contributed by atoms with Crippen molar-refractivity contribution in [2.45, 2.75) is 32.1 Å². The van der Waals surface area contributed by atoms with Crippen LogP contribution in [0.25, 0.3) is 0 Å². The van der Waals surface area contributed by atoms with Gasteiger partial charge in [0.05, 0.1) is 6.42 Å². The summed E-state index contributed by atoms with van der Waals surface area (Å²) in [5.74, 6) is -0.773. The van der Waals surface area contributed by atoms with Crippen LogP contribution in [-0.4, -0.2) is 41.6 Å². The zero-order valence-electron chi connectivity index (χ0n) is 10.5.